The first-order valence-electron chi connectivity index (χ1n) is 7.75. The molecule has 2 heterocycles. The zero-order valence-electron chi connectivity index (χ0n) is 13.8. The van der Waals surface area contributed by atoms with E-state index in [1.165, 1.54) is 30.5 Å². The molecule has 1 atom stereocenters. The minimum atomic E-state index is -0.958. The number of pyridine rings is 1. The summed E-state index contributed by atoms with van der Waals surface area (Å²) in [4.78, 5) is 19.7. The maximum absolute atomic E-state index is 14.3. The van der Waals surface area contributed by atoms with Gasteiger partial charge in [0.1, 0.15) is 5.82 Å². The van der Waals surface area contributed by atoms with Gasteiger partial charge in [0, 0.05) is 23.9 Å². The van der Waals surface area contributed by atoms with Crippen LogP contribution < -0.4 is 15.8 Å². The second-order valence-electron chi connectivity index (χ2n) is 5.82. The van der Waals surface area contributed by atoms with Crippen LogP contribution in [0.3, 0.4) is 0 Å². The lowest BCUT2D eigenvalue weighted by Crippen LogP contribution is -2.34. The van der Waals surface area contributed by atoms with Crippen molar-refractivity contribution in [3.8, 4) is 5.88 Å². The highest BCUT2D eigenvalue weighted by molar-refractivity contribution is 5.86. The second-order valence-corrected chi connectivity index (χ2v) is 5.82. The minimum Gasteiger partial charge on any atom is -0.465 e. The Morgan fingerprint density at radius 3 is 2.88 bits per heavy atom. The molecular weight excluding hydrogens is 346 g/mol. The summed E-state index contributed by atoms with van der Waals surface area (Å²) < 4.78 is 37.7. The fraction of sp³-hybridized carbons (Fsp3) is 0.235. The van der Waals surface area contributed by atoms with Crippen molar-refractivity contribution >= 4 is 17.8 Å². The van der Waals surface area contributed by atoms with Crippen molar-refractivity contribution in [1.29, 1.82) is 0 Å². The molecule has 1 aliphatic rings. The van der Waals surface area contributed by atoms with Crippen molar-refractivity contribution in [2.24, 2.45) is 10.7 Å². The number of carbonyl (C=O) groups excluding carboxylic acids is 1. The standard InChI is InChI=1S/C17H16F2N4O3/c1-17(6-8-25-15(20)23-17)11-9-10(4-5-12(11)18)22-16(24)26-14-13(19)3-2-7-21-14/h2-5,7,9H,6,8H2,1H3,(H2,20,23)(H,22,24)/t17-/m0/s1. The molecular formula is C17H16F2N4O3. The van der Waals surface area contributed by atoms with Crippen LogP contribution in [0.5, 0.6) is 5.88 Å². The Labute approximate surface area is 147 Å². The highest BCUT2D eigenvalue weighted by Crippen LogP contribution is 2.35. The number of aliphatic imine (C=N–C) groups is 1. The van der Waals surface area contributed by atoms with Crippen LogP contribution in [-0.4, -0.2) is 23.7 Å². The summed E-state index contributed by atoms with van der Waals surface area (Å²) in [5.41, 5.74) is 5.16. The predicted molar refractivity (Wildman–Crippen MR) is 89.8 cm³/mol. The van der Waals surface area contributed by atoms with E-state index < -0.39 is 29.1 Å². The van der Waals surface area contributed by atoms with Gasteiger partial charge in [-0.3, -0.25) is 5.32 Å². The molecule has 136 valence electrons. The molecule has 26 heavy (non-hydrogen) atoms. The van der Waals surface area contributed by atoms with Gasteiger partial charge in [0.15, 0.2) is 5.82 Å². The Bertz CT molecular complexity index is 875. The van der Waals surface area contributed by atoms with E-state index >= 15 is 0 Å². The highest BCUT2D eigenvalue weighted by atomic mass is 19.1. The van der Waals surface area contributed by atoms with Crippen molar-refractivity contribution in [1.82, 2.24) is 4.98 Å². The van der Waals surface area contributed by atoms with Crippen LogP contribution in [0.15, 0.2) is 41.5 Å². The van der Waals surface area contributed by atoms with Gasteiger partial charge in [-0.1, -0.05) is 0 Å². The number of nitrogens with zero attached hydrogens (tertiary/aromatic N) is 2. The lowest BCUT2D eigenvalue weighted by molar-refractivity contribution is 0.210. The Morgan fingerprint density at radius 1 is 1.35 bits per heavy atom. The van der Waals surface area contributed by atoms with Crippen LogP contribution >= 0.6 is 0 Å². The maximum atomic E-state index is 14.3. The number of amidine groups is 1. The molecule has 0 bridgehead atoms. The van der Waals surface area contributed by atoms with Crippen molar-refractivity contribution in [3.05, 3.63) is 53.7 Å². The number of rotatable bonds is 3. The van der Waals surface area contributed by atoms with Crippen molar-refractivity contribution in [2.75, 3.05) is 11.9 Å². The highest BCUT2D eigenvalue weighted by Gasteiger charge is 2.33. The number of ether oxygens (including phenoxy) is 2. The summed E-state index contributed by atoms with van der Waals surface area (Å²) in [6.07, 6.45) is 0.744. The molecule has 0 saturated carbocycles. The van der Waals surface area contributed by atoms with Crippen LogP contribution in [0.1, 0.15) is 18.9 Å². The second kappa shape index (κ2) is 6.95. The fourth-order valence-electron chi connectivity index (χ4n) is 2.57. The van der Waals surface area contributed by atoms with E-state index in [1.54, 1.807) is 6.92 Å². The number of nitrogens with one attached hydrogen (secondary N) is 1. The zero-order chi connectivity index (χ0) is 18.7. The van der Waals surface area contributed by atoms with Gasteiger partial charge in [-0.2, -0.15) is 0 Å². The van der Waals surface area contributed by atoms with Gasteiger partial charge in [0.2, 0.25) is 0 Å². The molecule has 0 unspecified atom stereocenters. The Morgan fingerprint density at radius 2 is 2.15 bits per heavy atom. The number of aromatic nitrogens is 1. The van der Waals surface area contributed by atoms with Crippen LogP contribution in [0, 0.1) is 11.6 Å². The molecule has 1 amide bonds. The first-order chi connectivity index (χ1) is 12.4. The van der Waals surface area contributed by atoms with Crippen LogP contribution in [0.25, 0.3) is 0 Å². The normalized spacial score (nSPS) is 19.3. The number of halogens is 2. The number of hydrogen-bond acceptors (Lipinski definition) is 6. The SMILES string of the molecule is C[C@@]1(c2cc(NC(=O)Oc3ncccc3F)ccc2F)CCOC(N)=N1. The van der Waals surface area contributed by atoms with E-state index in [0.29, 0.717) is 13.0 Å². The van der Waals surface area contributed by atoms with Gasteiger partial charge < -0.3 is 15.2 Å². The molecule has 7 nitrogen and oxygen atoms in total. The molecule has 0 spiro atoms. The van der Waals surface area contributed by atoms with Gasteiger partial charge in [-0.15, -0.1) is 0 Å². The van der Waals surface area contributed by atoms with E-state index in [0.717, 1.165) is 6.07 Å². The molecule has 9 heteroatoms. The molecule has 1 aromatic carbocycles. The third kappa shape index (κ3) is 3.71. The first kappa shape index (κ1) is 17.6. The van der Waals surface area contributed by atoms with Crippen molar-refractivity contribution < 1.29 is 23.0 Å². The lowest BCUT2D eigenvalue weighted by atomic mass is 9.88. The Balaban J connectivity index is 1.81. The quantitative estimate of drug-likeness (QED) is 0.875. The topological polar surface area (TPSA) is 98.8 Å². The zero-order valence-corrected chi connectivity index (χ0v) is 13.8. The summed E-state index contributed by atoms with van der Waals surface area (Å²) in [6, 6.07) is 6.42. The third-order valence-electron chi connectivity index (χ3n) is 3.90. The average molecular weight is 362 g/mol. The van der Waals surface area contributed by atoms with E-state index in [4.69, 9.17) is 15.2 Å². The van der Waals surface area contributed by atoms with E-state index in [9.17, 15) is 13.6 Å². The summed E-state index contributed by atoms with van der Waals surface area (Å²) in [6.45, 7) is 2.01. The van der Waals surface area contributed by atoms with E-state index in [2.05, 4.69) is 15.3 Å². The summed E-state index contributed by atoms with van der Waals surface area (Å²) in [5.74, 6) is -1.73. The number of anilines is 1. The van der Waals surface area contributed by atoms with Gasteiger partial charge in [-0.05, 0) is 37.3 Å². The molecule has 3 rings (SSSR count). The lowest BCUT2D eigenvalue weighted by Gasteiger charge is -2.30. The molecule has 1 aliphatic heterocycles. The van der Waals surface area contributed by atoms with Crippen LogP contribution in [-0.2, 0) is 10.3 Å². The predicted octanol–water partition coefficient (Wildman–Crippen LogP) is 2.92. The fourth-order valence-corrected chi connectivity index (χ4v) is 2.57. The van der Waals surface area contributed by atoms with Crippen molar-refractivity contribution in [3.63, 3.8) is 0 Å². The molecule has 0 saturated heterocycles. The molecule has 0 fully saturated rings. The number of benzene rings is 1. The van der Waals surface area contributed by atoms with Gasteiger partial charge >= 0.3 is 6.09 Å². The smallest absolute Gasteiger partial charge is 0.418 e. The summed E-state index contributed by atoms with van der Waals surface area (Å²) >= 11 is 0. The molecule has 3 N–H and O–H groups in total. The number of carbonyl (C=O) groups is 1. The van der Waals surface area contributed by atoms with Crippen molar-refractivity contribution in [2.45, 2.75) is 18.9 Å². The average Bonchev–Trinajstić information content (AvgIpc) is 2.58. The molecule has 0 radical (unpaired) electrons. The molecule has 0 aliphatic carbocycles. The maximum Gasteiger partial charge on any atom is 0.418 e. The van der Waals surface area contributed by atoms with Gasteiger partial charge in [0.25, 0.3) is 11.9 Å². The summed E-state index contributed by atoms with van der Waals surface area (Å²) in [7, 11) is 0. The molecule has 2 aromatic rings. The van der Waals surface area contributed by atoms with E-state index in [-0.39, 0.29) is 17.3 Å². The first-order valence-corrected chi connectivity index (χ1v) is 7.75. The number of amides is 1. The largest absolute Gasteiger partial charge is 0.465 e. The minimum absolute atomic E-state index is 0.0263. The van der Waals surface area contributed by atoms with Gasteiger partial charge in [-0.25, -0.2) is 23.6 Å². The van der Waals surface area contributed by atoms with Crippen LogP contribution in [0.2, 0.25) is 0 Å². The third-order valence-corrected chi connectivity index (χ3v) is 3.90. The Hall–Kier alpha value is -3.23. The summed E-state index contributed by atoms with van der Waals surface area (Å²) in [5, 5.41) is 2.41. The molecule has 1 aromatic heterocycles. The Kier molecular flexibility index (Phi) is 4.70. The number of hydrogen-bond donors (Lipinski definition) is 2. The monoisotopic (exact) mass is 362 g/mol. The van der Waals surface area contributed by atoms with E-state index in [1.807, 2.05) is 0 Å². The van der Waals surface area contributed by atoms with Crippen LogP contribution in [0.4, 0.5) is 19.3 Å². The number of nitrogens with two attached hydrogens (primary N) is 1. The van der Waals surface area contributed by atoms with Gasteiger partial charge in [0.05, 0.1) is 12.1 Å².